The number of nitrogens with two attached hydrogens (primary N) is 2. The third-order valence-corrected chi connectivity index (χ3v) is 3.87. The summed E-state index contributed by atoms with van der Waals surface area (Å²) in [7, 11) is 3.21. The molecule has 0 heterocycles. The van der Waals surface area contributed by atoms with Crippen LogP contribution in [-0.4, -0.2) is 20.8 Å². The van der Waals surface area contributed by atoms with Crippen molar-refractivity contribution in [2.75, 3.05) is 20.8 Å². The molecule has 1 atom stereocenters. The Kier molecular flexibility index (Phi) is 9.13. The van der Waals surface area contributed by atoms with Crippen molar-refractivity contribution in [1.29, 1.82) is 0 Å². The zero-order valence-electron chi connectivity index (χ0n) is 14.7. The van der Waals surface area contributed by atoms with E-state index < -0.39 is 0 Å². The third kappa shape index (κ3) is 5.81. The normalized spacial score (nSPS) is 11.4. The molecule has 0 saturated heterocycles. The molecule has 138 valence electrons. The second-order valence-electron chi connectivity index (χ2n) is 5.56. The molecule has 25 heavy (non-hydrogen) atoms. The highest BCUT2D eigenvalue weighted by Gasteiger charge is 2.17. The highest BCUT2D eigenvalue weighted by Crippen LogP contribution is 2.38. The molecule has 6 heteroatoms. The molecule has 0 fully saturated rings. The monoisotopic (exact) mass is 366 g/mol. The van der Waals surface area contributed by atoms with Gasteiger partial charge in [0.2, 0.25) is 0 Å². The van der Waals surface area contributed by atoms with Crippen LogP contribution in [0.1, 0.15) is 30.0 Å². The molecule has 0 spiro atoms. The van der Waals surface area contributed by atoms with Gasteiger partial charge in [-0.15, -0.1) is 12.4 Å². The fourth-order valence-electron chi connectivity index (χ4n) is 2.52. The van der Waals surface area contributed by atoms with Crippen LogP contribution in [0.15, 0.2) is 42.5 Å². The summed E-state index contributed by atoms with van der Waals surface area (Å²) in [6.45, 7) is 1.08. The Morgan fingerprint density at radius 2 is 1.60 bits per heavy atom. The van der Waals surface area contributed by atoms with Crippen molar-refractivity contribution in [3.8, 4) is 17.2 Å². The molecule has 0 aliphatic rings. The predicted molar refractivity (Wildman–Crippen MR) is 103 cm³/mol. The molecule has 2 aromatic rings. The first kappa shape index (κ1) is 21.1. The number of benzene rings is 2. The Balaban J connectivity index is 0.00000312. The Morgan fingerprint density at radius 1 is 0.960 bits per heavy atom. The number of hydrogen-bond donors (Lipinski definition) is 2. The zero-order chi connectivity index (χ0) is 17.4. The SMILES string of the molecule is COc1cc(OCc2ccccc2)c([C@@H](N)CCCN)cc1OC.Cl. The van der Waals surface area contributed by atoms with Gasteiger partial charge in [0.05, 0.1) is 14.2 Å². The van der Waals surface area contributed by atoms with Crippen LogP contribution < -0.4 is 25.7 Å². The molecule has 0 bridgehead atoms. The number of halogens is 1. The minimum Gasteiger partial charge on any atom is -0.493 e. The summed E-state index contributed by atoms with van der Waals surface area (Å²) in [4.78, 5) is 0. The first-order chi connectivity index (χ1) is 11.7. The smallest absolute Gasteiger partial charge is 0.164 e. The van der Waals surface area contributed by atoms with E-state index in [4.69, 9.17) is 25.7 Å². The molecule has 0 unspecified atom stereocenters. The van der Waals surface area contributed by atoms with Gasteiger partial charge in [0.15, 0.2) is 11.5 Å². The van der Waals surface area contributed by atoms with E-state index in [2.05, 4.69) is 0 Å². The molecule has 2 rings (SSSR count). The zero-order valence-corrected chi connectivity index (χ0v) is 15.6. The summed E-state index contributed by atoms with van der Waals surface area (Å²) in [6.07, 6.45) is 1.64. The summed E-state index contributed by atoms with van der Waals surface area (Å²) in [6, 6.07) is 13.6. The van der Waals surface area contributed by atoms with Gasteiger partial charge in [-0.25, -0.2) is 0 Å². The largest absolute Gasteiger partial charge is 0.493 e. The summed E-state index contributed by atoms with van der Waals surface area (Å²) < 4.78 is 16.8. The molecule has 0 radical (unpaired) electrons. The molecule has 0 saturated carbocycles. The topological polar surface area (TPSA) is 79.7 Å². The van der Waals surface area contributed by atoms with Crippen LogP contribution in [-0.2, 0) is 6.61 Å². The van der Waals surface area contributed by atoms with Crippen molar-refractivity contribution in [2.24, 2.45) is 11.5 Å². The maximum atomic E-state index is 6.33. The third-order valence-electron chi connectivity index (χ3n) is 3.87. The van der Waals surface area contributed by atoms with Crippen molar-refractivity contribution in [2.45, 2.75) is 25.5 Å². The van der Waals surface area contributed by atoms with Gasteiger partial charge in [-0.1, -0.05) is 30.3 Å². The lowest BCUT2D eigenvalue weighted by molar-refractivity contribution is 0.294. The van der Waals surface area contributed by atoms with Crippen LogP contribution in [0.25, 0.3) is 0 Å². The second kappa shape index (κ2) is 10.8. The second-order valence-corrected chi connectivity index (χ2v) is 5.56. The van der Waals surface area contributed by atoms with Crippen molar-refractivity contribution >= 4 is 12.4 Å². The van der Waals surface area contributed by atoms with Crippen LogP contribution in [0, 0.1) is 0 Å². The molecule has 2 aromatic carbocycles. The Morgan fingerprint density at radius 3 is 2.20 bits per heavy atom. The summed E-state index contributed by atoms with van der Waals surface area (Å²) in [5.74, 6) is 1.97. The maximum Gasteiger partial charge on any atom is 0.164 e. The van der Waals surface area contributed by atoms with E-state index in [0.717, 1.165) is 24.0 Å². The number of hydrogen-bond acceptors (Lipinski definition) is 5. The van der Waals surface area contributed by atoms with Crippen LogP contribution >= 0.6 is 12.4 Å². The van der Waals surface area contributed by atoms with Gasteiger partial charge in [-0.3, -0.25) is 0 Å². The van der Waals surface area contributed by atoms with Gasteiger partial charge >= 0.3 is 0 Å². The van der Waals surface area contributed by atoms with E-state index >= 15 is 0 Å². The Hall–Kier alpha value is -1.95. The molecule has 0 aliphatic heterocycles. The average molecular weight is 367 g/mol. The van der Waals surface area contributed by atoms with E-state index in [1.54, 1.807) is 14.2 Å². The number of methoxy groups -OCH3 is 2. The van der Waals surface area contributed by atoms with Gasteiger partial charge in [0.25, 0.3) is 0 Å². The molecule has 4 N–H and O–H groups in total. The van der Waals surface area contributed by atoms with E-state index in [1.807, 2.05) is 42.5 Å². The fraction of sp³-hybridized carbons (Fsp3) is 0.368. The van der Waals surface area contributed by atoms with Crippen LogP contribution in [0.4, 0.5) is 0 Å². The molecule has 0 aliphatic carbocycles. The lowest BCUT2D eigenvalue weighted by Gasteiger charge is -2.20. The van der Waals surface area contributed by atoms with Gasteiger partial charge in [0.1, 0.15) is 12.4 Å². The predicted octanol–water partition coefficient (Wildman–Crippen LogP) is 3.44. The Bertz CT molecular complexity index is 638. The first-order valence-corrected chi connectivity index (χ1v) is 8.07. The summed E-state index contributed by atoms with van der Waals surface area (Å²) in [5.41, 5.74) is 13.9. The van der Waals surface area contributed by atoms with E-state index in [1.165, 1.54) is 0 Å². The molecular weight excluding hydrogens is 340 g/mol. The molecule has 0 amide bonds. The highest BCUT2D eigenvalue weighted by molar-refractivity contribution is 5.85. The molecular formula is C19H27ClN2O3. The molecule has 5 nitrogen and oxygen atoms in total. The van der Waals surface area contributed by atoms with Crippen LogP contribution in [0.3, 0.4) is 0 Å². The minimum absolute atomic E-state index is 0. The average Bonchev–Trinajstić information content (AvgIpc) is 2.64. The summed E-state index contributed by atoms with van der Waals surface area (Å²) in [5, 5.41) is 0. The Labute approximate surface area is 155 Å². The standard InChI is InChI=1S/C19H26N2O3.ClH/c1-22-18-11-15(16(21)9-6-10-20)17(12-19(18)23-2)24-13-14-7-4-3-5-8-14;/h3-5,7-8,11-12,16H,6,9-10,13,20-21H2,1-2H3;1H/t16-;/m0./s1. The van der Waals surface area contributed by atoms with E-state index in [9.17, 15) is 0 Å². The van der Waals surface area contributed by atoms with Crippen molar-refractivity contribution in [1.82, 2.24) is 0 Å². The fourth-order valence-corrected chi connectivity index (χ4v) is 2.52. The summed E-state index contributed by atoms with van der Waals surface area (Å²) >= 11 is 0. The van der Waals surface area contributed by atoms with Gasteiger partial charge in [-0.2, -0.15) is 0 Å². The van der Waals surface area contributed by atoms with E-state index in [-0.39, 0.29) is 18.4 Å². The van der Waals surface area contributed by atoms with Crippen molar-refractivity contribution < 1.29 is 14.2 Å². The van der Waals surface area contributed by atoms with Crippen molar-refractivity contribution in [3.63, 3.8) is 0 Å². The lowest BCUT2D eigenvalue weighted by Crippen LogP contribution is -2.14. The lowest BCUT2D eigenvalue weighted by atomic mass is 10.0. The van der Waals surface area contributed by atoms with Crippen molar-refractivity contribution in [3.05, 3.63) is 53.6 Å². The highest BCUT2D eigenvalue weighted by atomic mass is 35.5. The molecule has 0 aromatic heterocycles. The van der Waals surface area contributed by atoms with E-state index in [0.29, 0.717) is 30.4 Å². The minimum atomic E-state index is -0.167. The number of rotatable bonds is 9. The quantitative estimate of drug-likeness (QED) is 0.710. The maximum absolute atomic E-state index is 6.33. The van der Waals surface area contributed by atoms with Gasteiger partial charge in [0, 0.05) is 17.7 Å². The van der Waals surface area contributed by atoms with Crippen LogP contribution in [0.5, 0.6) is 17.2 Å². The van der Waals surface area contributed by atoms with Crippen LogP contribution in [0.2, 0.25) is 0 Å². The van der Waals surface area contributed by atoms with Gasteiger partial charge in [-0.05, 0) is 31.0 Å². The number of ether oxygens (including phenoxy) is 3. The van der Waals surface area contributed by atoms with Gasteiger partial charge < -0.3 is 25.7 Å². The first-order valence-electron chi connectivity index (χ1n) is 8.07.